The van der Waals surface area contributed by atoms with E-state index in [1.807, 2.05) is 13.0 Å². The first kappa shape index (κ1) is 36.3. The fourth-order valence-corrected chi connectivity index (χ4v) is 5.32. The van der Waals surface area contributed by atoms with Gasteiger partial charge in [0.25, 0.3) is 5.91 Å². The fourth-order valence-electron chi connectivity index (χ4n) is 5.32. The average molecular weight is 635 g/mol. The van der Waals surface area contributed by atoms with Gasteiger partial charge in [0.05, 0.1) is 0 Å². The molecular weight excluding hydrogens is 584 g/mol. The smallest absolute Gasteiger partial charge is 0.424 e. The predicted octanol–water partition coefficient (Wildman–Crippen LogP) is 7.04. The lowest BCUT2D eigenvalue weighted by molar-refractivity contribution is -0.127. The van der Waals surface area contributed by atoms with Crippen LogP contribution in [0, 0.1) is 5.92 Å². The minimum absolute atomic E-state index is 0.00640. The van der Waals surface area contributed by atoms with Crippen LogP contribution in [0.4, 0.5) is 4.79 Å². The van der Waals surface area contributed by atoms with Gasteiger partial charge in [0.15, 0.2) is 11.3 Å². The van der Waals surface area contributed by atoms with E-state index < -0.39 is 23.6 Å². The number of imide groups is 3. The van der Waals surface area contributed by atoms with Crippen LogP contribution in [0.2, 0.25) is 0 Å². The maximum Gasteiger partial charge on any atom is 0.424 e. The highest BCUT2D eigenvalue weighted by molar-refractivity contribution is 6.16. The zero-order chi connectivity index (χ0) is 33.3. The van der Waals surface area contributed by atoms with Crippen molar-refractivity contribution < 1.29 is 19.1 Å². The van der Waals surface area contributed by atoms with Gasteiger partial charge in [-0.1, -0.05) is 86.8 Å². The lowest BCUT2D eigenvalue weighted by atomic mass is 9.86. The molecule has 2 heterocycles. The van der Waals surface area contributed by atoms with Gasteiger partial charge in [0, 0.05) is 13.5 Å². The number of imidazole rings is 1. The van der Waals surface area contributed by atoms with Gasteiger partial charge >= 0.3 is 11.8 Å². The Morgan fingerprint density at radius 3 is 2.41 bits per heavy atom. The molecule has 2 aromatic heterocycles. The van der Waals surface area contributed by atoms with Crippen LogP contribution in [-0.2, 0) is 16.6 Å². The standard InChI is InChI=1S/C35H50N6O5/c1-5-6-7-8-9-10-11-12-13-14-15-16-17-18-19-20-30(42)41(35(45)46-25-28-21-23-29(24-22-28)27(2)3)33(43)31-32-37-38-39(4)34(44)40(32)26-36-31/h9-10,12-13,21,26,29H,2,5-8,11,14-20,22-25H2,1,3-4H3. The Kier molecular flexibility index (Phi) is 15.3. The van der Waals surface area contributed by atoms with Gasteiger partial charge in [-0.05, 0) is 76.2 Å². The normalized spacial score (nSPS) is 15.0. The summed E-state index contributed by atoms with van der Waals surface area (Å²) in [6, 6.07) is 0. The molecule has 1 aliphatic carbocycles. The third-order valence-corrected chi connectivity index (χ3v) is 8.26. The number of allylic oxidation sites excluding steroid dienone is 6. The van der Waals surface area contributed by atoms with Crippen molar-refractivity contribution in [1.29, 1.82) is 0 Å². The first-order chi connectivity index (χ1) is 22.2. The number of unbranched alkanes of at least 4 members (excludes halogenated alkanes) is 8. The van der Waals surface area contributed by atoms with Gasteiger partial charge in [-0.25, -0.2) is 19.0 Å². The maximum atomic E-state index is 13.5. The Morgan fingerprint density at radius 1 is 1.04 bits per heavy atom. The van der Waals surface area contributed by atoms with Gasteiger partial charge < -0.3 is 4.74 Å². The van der Waals surface area contributed by atoms with Gasteiger partial charge in [-0.15, -0.1) is 5.10 Å². The molecule has 0 saturated carbocycles. The van der Waals surface area contributed by atoms with Crippen LogP contribution in [0.3, 0.4) is 0 Å². The number of hydrogen-bond donors (Lipinski definition) is 0. The molecule has 11 heteroatoms. The Balaban J connectivity index is 1.53. The van der Waals surface area contributed by atoms with Crippen molar-refractivity contribution in [3.63, 3.8) is 0 Å². The minimum Gasteiger partial charge on any atom is -0.444 e. The molecule has 11 nitrogen and oxygen atoms in total. The lowest BCUT2D eigenvalue weighted by Gasteiger charge is -2.23. The van der Waals surface area contributed by atoms with E-state index in [9.17, 15) is 19.2 Å². The monoisotopic (exact) mass is 634 g/mol. The highest BCUT2D eigenvalue weighted by Gasteiger charge is 2.34. The van der Waals surface area contributed by atoms with Crippen molar-refractivity contribution in [3.05, 3.63) is 70.6 Å². The summed E-state index contributed by atoms with van der Waals surface area (Å²) in [6.45, 7) is 8.23. The first-order valence-electron chi connectivity index (χ1n) is 16.7. The first-order valence-corrected chi connectivity index (χ1v) is 16.7. The second kappa shape index (κ2) is 19.4. The van der Waals surface area contributed by atoms with E-state index in [-0.39, 0.29) is 24.4 Å². The molecule has 1 aliphatic rings. The number of rotatable bonds is 18. The van der Waals surface area contributed by atoms with E-state index in [2.05, 4.69) is 53.1 Å². The zero-order valence-electron chi connectivity index (χ0n) is 27.8. The summed E-state index contributed by atoms with van der Waals surface area (Å²) in [7, 11) is 1.41. The molecule has 0 saturated heterocycles. The fraction of sp³-hybridized carbons (Fsp3) is 0.571. The number of nitrogens with zero attached hydrogens (tertiary/aromatic N) is 6. The van der Waals surface area contributed by atoms with Crippen molar-refractivity contribution in [3.8, 4) is 0 Å². The molecule has 0 bridgehead atoms. The highest BCUT2D eigenvalue weighted by atomic mass is 16.6. The molecule has 0 fully saturated rings. The SMILES string of the molecule is C=C(C)C1CC=C(COC(=O)N(C(=O)CCCCCCCC=CCC=CCCCCC)C(=O)c2ncn3c(=O)n(C)nnc23)CC1. The number of ether oxygens (including phenoxy) is 1. The van der Waals surface area contributed by atoms with Crippen molar-refractivity contribution >= 4 is 23.6 Å². The largest absolute Gasteiger partial charge is 0.444 e. The molecular formula is C35H50N6O5. The second-order valence-corrected chi connectivity index (χ2v) is 12.0. The average Bonchev–Trinajstić information content (AvgIpc) is 3.49. The van der Waals surface area contributed by atoms with Crippen LogP contribution in [0.25, 0.3) is 5.65 Å². The summed E-state index contributed by atoms with van der Waals surface area (Å²) in [5.41, 5.74) is 1.02. The number of aromatic nitrogens is 5. The number of carbonyl (C=O) groups excluding carboxylic acids is 3. The Morgan fingerprint density at radius 2 is 1.74 bits per heavy atom. The lowest BCUT2D eigenvalue weighted by Crippen LogP contribution is -2.43. The summed E-state index contributed by atoms with van der Waals surface area (Å²) >= 11 is 0. The number of fused-ring (bicyclic) bond motifs is 1. The molecule has 3 rings (SSSR count). The second-order valence-electron chi connectivity index (χ2n) is 12.0. The third kappa shape index (κ3) is 11.0. The summed E-state index contributed by atoms with van der Waals surface area (Å²) < 4.78 is 7.50. The summed E-state index contributed by atoms with van der Waals surface area (Å²) in [4.78, 5) is 57.0. The van der Waals surface area contributed by atoms with Gasteiger partial charge in [-0.3, -0.25) is 9.59 Å². The van der Waals surface area contributed by atoms with Gasteiger partial charge in [0.1, 0.15) is 12.9 Å². The van der Waals surface area contributed by atoms with Crippen LogP contribution in [0.5, 0.6) is 0 Å². The Hall–Kier alpha value is -4.15. The molecule has 0 aromatic carbocycles. The molecule has 0 spiro atoms. The minimum atomic E-state index is -1.07. The molecule has 1 atom stereocenters. The van der Waals surface area contributed by atoms with Crippen LogP contribution in [0.15, 0.2) is 59.2 Å². The van der Waals surface area contributed by atoms with E-state index >= 15 is 0 Å². The number of amides is 3. The van der Waals surface area contributed by atoms with Crippen LogP contribution in [-0.4, -0.2) is 53.8 Å². The van der Waals surface area contributed by atoms with E-state index in [1.54, 1.807) is 0 Å². The predicted molar refractivity (Wildman–Crippen MR) is 178 cm³/mol. The maximum absolute atomic E-state index is 13.5. The van der Waals surface area contributed by atoms with E-state index in [1.165, 1.54) is 26.3 Å². The quantitative estimate of drug-likeness (QED) is 0.126. The summed E-state index contributed by atoms with van der Waals surface area (Å²) in [5, 5.41) is 7.60. The summed E-state index contributed by atoms with van der Waals surface area (Å²) in [6.07, 6.45) is 24.7. The van der Waals surface area contributed by atoms with E-state index in [0.717, 1.165) is 90.8 Å². The topological polar surface area (TPSA) is 129 Å². The van der Waals surface area contributed by atoms with E-state index in [0.29, 0.717) is 17.2 Å². The van der Waals surface area contributed by atoms with Gasteiger partial charge in [-0.2, -0.15) is 9.58 Å². The molecule has 0 radical (unpaired) electrons. The van der Waals surface area contributed by atoms with Crippen molar-refractivity contribution in [2.45, 2.75) is 110 Å². The van der Waals surface area contributed by atoms with Gasteiger partial charge in [0.2, 0.25) is 5.91 Å². The van der Waals surface area contributed by atoms with Crippen molar-refractivity contribution in [1.82, 2.24) is 29.3 Å². The van der Waals surface area contributed by atoms with Crippen LogP contribution >= 0.6 is 0 Å². The molecule has 0 aliphatic heterocycles. The molecule has 0 N–H and O–H groups in total. The van der Waals surface area contributed by atoms with Crippen molar-refractivity contribution in [2.75, 3.05) is 6.61 Å². The van der Waals surface area contributed by atoms with Crippen LogP contribution < -0.4 is 5.69 Å². The van der Waals surface area contributed by atoms with Crippen molar-refractivity contribution in [2.24, 2.45) is 13.0 Å². The Bertz CT molecular complexity index is 1480. The summed E-state index contributed by atoms with van der Waals surface area (Å²) in [5.74, 6) is -1.29. The van der Waals surface area contributed by atoms with E-state index in [4.69, 9.17) is 4.74 Å². The molecule has 250 valence electrons. The molecule has 46 heavy (non-hydrogen) atoms. The number of hydrogen-bond acceptors (Lipinski definition) is 8. The molecule has 3 amide bonds. The van der Waals surface area contributed by atoms with Crippen LogP contribution in [0.1, 0.15) is 121 Å². The molecule has 2 aromatic rings. The molecule has 1 unspecified atom stereocenters. The highest BCUT2D eigenvalue weighted by Crippen LogP contribution is 2.28. The Labute approximate surface area is 272 Å². The zero-order valence-corrected chi connectivity index (χ0v) is 27.8. The number of aryl methyl sites for hydroxylation is 1. The third-order valence-electron chi connectivity index (χ3n) is 8.26. The number of carbonyl (C=O) groups is 3.